The summed E-state index contributed by atoms with van der Waals surface area (Å²) in [5.74, 6) is 1.45. The number of para-hydroxylation sites is 1. The summed E-state index contributed by atoms with van der Waals surface area (Å²) in [7, 11) is 1.73. The topological polar surface area (TPSA) is 25.4 Å². The highest BCUT2D eigenvalue weighted by Crippen LogP contribution is 2.33. The molecule has 2 aromatic rings. The zero-order valence-corrected chi connectivity index (χ0v) is 15.2. The smallest absolute Gasteiger partial charge is 0.128 e. The summed E-state index contributed by atoms with van der Waals surface area (Å²) in [5, 5.41) is 0. The number of aromatic nitrogens is 1. The lowest BCUT2D eigenvalue weighted by Crippen LogP contribution is -2.40. The summed E-state index contributed by atoms with van der Waals surface area (Å²) in [6.45, 7) is 2.44. The third-order valence-corrected chi connectivity index (χ3v) is 5.87. The first-order chi connectivity index (χ1) is 12.3. The van der Waals surface area contributed by atoms with Gasteiger partial charge in [0, 0.05) is 29.8 Å². The highest BCUT2D eigenvalue weighted by atomic mass is 16.5. The molecule has 1 saturated carbocycles. The number of methoxy groups -OCH3 is 1. The molecule has 1 aliphatic heterocycles. The second kappa shape index (κ2) is 7.57. The van der Waals surface area contributed by atoms with Crippen molar-refractivity contribution in [3.05, 3.63) is 48.2 Å². The third-order valence-electron chi connectivity index (χ3n) is 5.87. The highest BCUT2D eigenvalue weighted by Gasteiger charge is 2.29. The van der Waals surface area contributed by atoms with Crippen LogP contribution in [0.5, 0.6) is 5.75 Å². The van der Waals surface area contributed by atoms with Crippen LogP contribution in [0.2, 0.25) is 0 Å². The Balaban J connectivity index is 1.56. The van der Waals surface area contributed by atoms with Crippen molar-refractivity contribution in [2.24, 2.45) is 0 Å². The highest BCUT2D eigenvalue weighted by molar-refractivity contribution is 5.67. The van der Waals surface area contributed by atoms with Crippen LogP contribution in [0.4, 0.5) is 0 Å². The van der Waals surface area contributed by atoms with Gasteiger partial charge in [0.1, 0.15) is 5.75 Å². The van der Waals surface area contributed by atoms with Crippen molar-refractivity contribution in [2.75, 3.05) is 20.2 Å². The number of benzene rings is 1. The number of piperidine rings is 1. The van der Waals surface area contributed by atoms with Crippen molar-refractivity contribution in [1.82, 2.24) is 9.88 Å². The van der Waals surface area contributed by atoms with Crippen molar-refractivity contribution in [2.45, 2.75) is 50.5 Å². The van der Waals surface area contributed by atoms with Crippen LogP contribution in [0.25, 0.3) is 11.3 Å². The van der Waals surface area contributed by atoms with E-state index in [0.29, 0.717) is 5.92 Å². The van der Waals surface area contributed by atoms with Gasteiger partial charge in [-0.05, 0) is 56.5 Å². The van der Waals surface area contributed by atoms with Gasteiger partial charge in [-0.15, -0.1) is 0 Å². The van der Waals surface area contributed by atoms with Gasteiger partial charge in [0.05, 0.1) is 12.8 Å². The van der Waals surface area contributed by atoms with E-state index in [2.05, 4.69) is 35.2 Å². The van der Waals surface area contributed by atoms with Crippen LogP contribution >= 0.6 is 0 Å². The van der Waals surface area contributed by atoms with E-state index in [1.165, 1.54) is 57.3 Å². The average Bonchev–Trinajstić information content (AvgIpc) is 3.23. The maximum Gasteiger partial charge on any atom is 0.128 e. The SMILES string of the molecule is COc1ccccc1-c1cccc(C2CCCN(C3CCCC3)C2)n1. The van der Waals surface area contributed by atoms with Crippen LogP contribution in [0.1, 0.15) is 50.1 Å². The third kappa shape index (κ3) is 3.57. The maximum atomic E-state index is 5.52. The summed E-state index contributed by atoms with van der Waals surface area (Å²) < 4.78 is 5.52. The van der Waals surface area contributed by atoms with E-state index < -0.39 is 0 Å². The molecule has 0 radical (unpaired) electrons. The second-order valence-electron chi connectivity index (χ2n) is 7.42. The van der Waals surface area contributed by atoms with Crippen molar-refractivity contribution in [3.8, 4) is 17.0 Å². The molecule has 2 heterocycles. The van der Waals surface area contributed by atoms with Crippen molar-refractivity contribution < 1.29 is 4.74 Å². The molecule has 25 heavy (non-hydrogen) atoms. The van der Waals surface area contributed by atoms with Crippen molar-refractivity contribution in [1.29, 1.82) is 0 Å². The molecule has 3 heteroatoms. The van der Waals surface area contributed by atoms with Crippen LogP contribution in [0.3, 0.4) is 0 Å². The van der Waals surface area contributed by atoms with E-state index in [-0.39, 0.29) is 0 Å². The number of hydrogen-bond donors (Lipinski definition) is 0. The fraction of sp³-hybridized carbons (Fsp3) is 0.500. The van der Waals surface area contributed by atoms with Crippen LogP contribution in [-0.4, -0.2) is 36.1 Å². The monoisotopic (exact) mass is 336 g/mol. The molecule has 132 valence electrons. The van der Waals surface area contributed by atoms with Gasteiger partial charge >= 0.3 is 0 Å². The van der Waals surface area contributed by atoms with E-state index in [0.717, 1.165) is 23.0 Å². The fourth-order valence-electron chi connectivity index (χ4n) is 4.53. The zero-order valence-electron chi connectivity index (χ0n) is 15.2. The number of hydrogen-bond acceptors (Lipinski definition) is 3. The number of nitrogens with zero attached hydrogens (tertiary/aromatic N) is 2. The average molecular weight is 336 g/mol. The summed E-state index contributed by atoms with van der Waals surface area (Å²) in [6.07, 6.45) is 8.15. The van der Waals surface area contributed by atoms with Gasteiger partial charge in [0.25, 0.3) is 0 Å². The van der Waals surface area contributed by atoms with Gasteiger partial charge in [0.2, 0.25) is 0 Å². The Hall–Kier alpha value is -1.87. The number of likely N-dealkylation sites (tertiary alicyclic amines) is 1. The van der Waals surface area contributed by atoms with Crippen molar-refractivity contribution >= 4 is 0 Å². The molecular formula is C22H28N2O. The predicted molar refractivity (Wildman–Crippen MR) is 102 cm³/mol. The molecule has 1 unspecified atom stereocenters. The lowest BCUT2D eigenvalue weighted by Gasteiger charge is -2.36. The molecule has 4 rings (SSSR count). The van der Waals surface area contributed by atoms with Gasteiger partial charge in [0.15, 0.2) is 0 Å². The van der Waals surface area contributed by atoms with Gasteiger partial charge in [-0.25, -0.2) is 0 Å². The predicted octanol–water partition coefficient (Wildman–Crippen LogP) is 4.88. The Morgan fingerprint density at radius 1 is 0.960 bits per heavy atom. The van der Waals surface area contributed by atoms with E-state index in [1.54, 1.807) is 7.11 Å². The second-order valence-corrected chi connectivity index (χ2v) is 7.42. The van der Waals surface area contributed by atoms with Gasteiger partial charge in [-0.1, -0.05) is 31.0 Å². The summed E-state index contributed by atoms with van der Waals surface area (Å²) in [5.41, 5.74) is 3.34. The molecule has 1 atom stereocenters. The minimum absolute atomic E-state index is 0.559. The van der Waals surface area contributed by atoms with Gasteiger partial charge in [-0.3, -0.25) is 9.88 Å². The number of rotatable bonds is 4. The molecule has 0 N–H and O–H groups in total. The number of pyridine rings is 1. The Morgan fingerprint density at radius 2 is 1.80 bits per heavy atom. The summed E-state index contributed by atoms with van der Waals surface area (Å²) >= 11 is 0. The molecule has 1 aromatic carbocycles. The molecule has 1 aliphatic carbocycles. The maximum absolute atomic E-state index is 5.52. The molecule has 2 aliphatic rings. The normalized spacial score (nSPS) is 22.2. The molecule has 0 bridgehead atoms. The Bertz CT molecular complexity index is 709. The van der Waals surface area contributed by atoms with Crippen LogP contribution in [-0.2, 0) is 0 Å². The van der Waals surface area contributed by atoms with E-state index >= 15 is 0 Å². The Kier molecular flexibility index (Phi) is 5.02. The standard InChI is InChI=1S/C22H28N2O/c1-25-22-14-5-4-11-19(22)21-13-6-12-20(23-21)17-8-7-15-24(16-17)18-9-2-3-10-18/h4-6,11-14,17-18H,2-3,7-10,15-16H2,1H3. The zero-order chi connectivity index (χ0) is 17.1. The van der Waals surface area contributed by atoms with Crippen LogP contribution in [0, 0.1) is 0 Å². The molecule has 1 saturated heterocycles. The Labute approximate surface area is 151 Å². The quantitative estimate of drug-likeness (QED) is 0.796. The first-order valence-corrected chi connectivity index (χ1v) is 9.69. The number of ether oxygens (including phenoxy) is 1. The summed E-state index contributed by atoms with van der Waals surface area (Å²) in [6, 6.07) is 15.4. The van der Waals surface area contributed by atoms with Crippen molar-refractivity contribution in [3.63, 3.8) is 0 Å². The largest absolute Gasteiger partial charge is 0.496 e. The molecule has 0 amide bonds. The molecular weight excluding hydrogens is 308 g/mol. The first kappa shape index (κ1) is 16.6. The molecule has 0 spiro atoms. The summed E-state index contributed by atoms with van der Waals surface area (Å²) in [4.78, 5) is 7.76. The van der Waals surface area contributed by atoms with E-state index in [4.69, 9.17) is 9.72 Å². The lowest BCUT2D eigenvalue weighted by atomic mass is 9.92. The molecule has 2 fully saturated rings. The minimum atomic E-state index is 0.559. The van der Waals surface area contributed by atoms with Crippen LogP contribution < -0.4 is 4.74 Å². The molecule has 1 aromatic heterocycles. The lowest BCUT2D eigenvalue weighted by molar-refractivity contribution is 0.149. The van der Waals surface area contributed by atoms with E-state index in [9.17, 15) is 0 Å². The fourth-order valence-corrected chi connectivity index (χ4v) is 4.53. The van der Waals surface area contributed by atoms with Gasteiger partial charge < -0.3 is 4.74 Å². The molecule has 3 nitrogen and oxygen atoms in total. The van der Waals surface area contributed by atoms with Crippen LogP contribution in [0.15, 0.2) is 42.5 Å². The van der Waals surface area contributed by atoms with E-state index in [1.807, 2.05) is 12.1 Å². The Morgan fingerprint density at radius 3 is 2.64 bits per heavy atom. The van der Waals surface area contributed by atoms with Gasteiger partial charge in [-0.2, -0.15) is 0 Å². The first-order valence-electron chi connectivity index (χ1n) is 9.69. The minimum Gasteiger partial charge on any atom is -0.496 e.